The van der Waals surface area contributed by atoms with Crippen LogP contribution < -0.4 is 10.6 Å². The third-order valence-corrected chi connectivity index (χ3v) is 3.45. The predicted molar refractivity (Wildman–Crippen MR) is 89.4 cm³/mol. The van der Waals surface area contributed by atoms with Crippen molar-refractivity contribution in [3.8, 4) is 5.75 Å². The molecule has 0 fully saturated rings. The Kier molecular flexibility index (Phi) is 3.66. The third kappa shape index (κ3) is 2.86. The summed E-state index contributed by atoms with van der Waals surface area (Å²) in [5.41, 5.74) is 2.23. The van der Waals surface area contributed by atoms with Gasteiger partial charge in [0.1, 0.15) is 5.75 Å². The Hall–Kier alpha value is -3.01. The maximum Gasteiger partial charge on any atom is 0.323 e. The summed E-state index contributed by atoms with van der Waals surface area (Å²) in [7, 11) is 0. The number of rotatable bonds is 2. The van der Waals surface area contributed by atoms with Gasteiger partial charge in [-0.15, -0.1) is 0 Å². The van der Waals surface area contributed by atoms with E-state index < -0.39 is 6.03 Å². The van der Waals surface area contributed by atoms with Crippen LogP contribution in [0.15, 0.2) is 60.7 Å². The van der Waals surface area contributed by atoms with Gasteiger partial charge in [-0.2, -0.15) is 0 Å². The van der Waals surface area contributed by atoms with Crippen LogP contribution in [-0.2, 0) is 0 Å². The SMILES string of the molecule is Cc1ccc(NC(=O)Nc2c(O)ccc3ccccc23)cc1. The molecule has 0 aromatic heterocycles. The zero-order chi connectivity index (χ0) is 15.5. The van der Waals surface area contributed by atoms with Gasteiger partial charge in [0.25, 0.3) is 0 Å². The van der Waals surface area contributed by atoms with Crippen molar-refractivity contribution in [2.75, 3.05) is 10.6 Å². The molecule has 0 bridgehead atoms. The molecular formula is C18H16N2O2. The quantitative estimate of drug-likeness (QED) is 0.609. The Balaban J connectivity index is 1.85. The Morgan fingerprint density at radius 3 is 2.41 bits per heavy atom. The zero-order valence-corrected chi connectivity index (χ0v) is 12.1. The largest absolute Gasteiger partial charge is 0.506 e. The van der Waals surface area contributed by atoms with Crippen molar-refractivity contribution >= 4 is 28.2 Å². The minimum Gasteiger partial charge on any atom is -0.506 e. The summed E-state index contributed by atoms with van der Waals surface area (Å²) in [6, 6.07) is 18.1. The lowest BCUT2D eigenvalue weighted by Gasteiger charge is -2.12. The average Bonchev–Trinajstić information content (AvgIpc) is 2.52. The monoisotopic (exact) mass is 292 g/mol. The summed E-state index contributed by atoms with van der Waals surface area (Å²) >= 11 is 0. The lowest BCUT2D eigenvalue weighted by Crippen LogP contribution is -2.19. The summed E-state index contributed by atoms with van der Waals surface area (Å²) < 4.78 is 0. The van der Waals surface area contributed by atoms with Gasteiger partial charge in [-0.05, 0) is 30.5 Å². The van der Waals surface area contributed by atoms with E-state index in [1.165, 1.54) is 0 Å². The molecule has 0 saturated heterocycles. The van der Waals surface area contributed by atoms with E-state index in [1.807, 2.05) is 61.5 Å². The summed E-state index contributed by atoms with van der Waals surface area (Å²) in [5.74, 6) is 0.0396. The van der Waals surface area contributed by atoms with E-state index in [4.69, 9.17) is 0 Å². The molecule has 0 radical (unpaired) electrons. The fourth-order valence-electron chi connectivity index (χ4n) is 2.30. The first-order chi connectivity index (χ1) is 10.6. The molecule has 3 aromatic rings. The molecule has 0 aliphatic carbocycles. The van der Waals surface area contributed by atoms with Gasteiger partial charge >= 0.3 is 6.03 Å². The van der Waals surface area contributed by atoms with Gasteiger partial charge in [-0.25, -0.2) is 4.79 Å². The molecule has 0 atom stereocenters. The van der Waals surface area contributed by atoms with Gasteiger partial charge in [0.05, 0.1) is 5.69 Å². The number of hydrogen-bond acceptors (Lipinski definition) is 2. The molecule has 3 aromatic carbocycles. The van der Waals surface area contributed by atoms with E-state index >= 15 is 0 Å². The predicted octanol–water partition coefficient (Wildman–Crippen LogP) is 4.50. The number of phenols is 1. The number of carbonyl (C=O) groups is 1. The van der Waals surface area contributed by atoms with E-state index in [2.05, 4.69) is 10.6 Å². The summed E-state index contributed by atoms with van der Waals surface area (Å²) in [4.78, 5) is 12.1. The number of hydrogen-bond donors (Lipinski definition) is 3. The number of fused-ring (bicyclic) bond motifs is 1. The number of anilines is 2. The summed E-state index contributed by atoms with van der Waals surface area (Å²) in [6.45, 7) is 1.98. The van der Waals surface area contributed by atoms with Crippen LogP contribution in [0.4, 0.5) is 16.2 Å². The fourth-order valence-corrected chi connectivity index (χ4v) is 2.30. The number of carbonyl (C=O) groups excluding carboxylic acids is 1. The molecule has 0 aliphatic rings. The van der Waals surface area contributed by atoms with Crippen molar-refractivity contribution < 1.29 is 9.90 Å². The lowest BCUT2D eigenvalue weighted by molar-refractivity contribution is 0.262. The highest BCUT2D eigenvalue weighted by atomic mass is 16.3. The van der Waals surface area contributed by atoms with Crippen LogP contribution in [0.3, 0.4) is 0 Å². The van der Waals surface area contributed by atoms with Gasteiger partial charge in [0.2, 0.25) is 0 Å². The van der Waals surface area contributed by atoms with E-state index in [9.17, 15) is 9.90 Å². The van der Waals surface area contributed by atoms with Crippen molar-refractivity contribution in [1.29, 1.82) is 0 Å². The molecule has 0 unspecified atom stereocenters. The number of aromatic hydroxyl groups is 1. The normalized spacial score (nSPS) is 10.4. The molecule has 0 heterocycles. The zero-order valence-electron chi connectivity index (χ0n) is 12.1. The highest BCUT2D eigenvalue weighted by Crippen LogP contribution is 2.32. The summed E-state index contributed by atoms with van der Waals surface area (Å²) in [5, 5.41) is 17.2. The summed E-state index contributed by atoms with van der Waals surface area (Å²) in [6.07, 6.45) is 0. The minimum atomic E-state index is -0.393. The van der Waals surface area contributed by atoms with Gasteiger partial charge < -0.3 is 15.7 Å². The third-order valence-electron chi connectivity index (χ3n) is 3.45. The molecule has 2 amide bonds. The molecule has 0 saturated carbocycles. The number of aryl methyl sites for hydroxylation is 1. The Morgan fingerprint density at radius 1 is 0.909 bits per heavy atom. The van der Waals surface area contributed by atoms with E-state index in [0.717, 1.165) is 16.3 Å². The number of nitrogens with one attached hydrogen (secondary N) is 2. The highest BCUT2D eigenvalue weighted by Gasteiger charge is 2.10. The van der Waals surface area contributed by atoms with Crippen LogP contribution in [0.1, 0.15) is 5.56 Å². The van der Waals surface area contributed by atoms with Crippen LogP contribution in [0.25, 0.3) is 10.8 Å². The molecule has 4 nitrogen and oxygen atoms in total. The Bertz CT molecular complexity index is 826. The van der Waals surface area contributed by atoms with E-state index in [1.54, 1.807) is 6.07 Å². The smallest absolute Gasteiger partial charge is 0.323 e. The topological polar surface area (TPSA) is 61.4 Å². The molecule has 4 heteroatoms. The number of phenolic OH excluding ortho intramolecular Hbond substituents is 1. The van der Waals surface area contributed by atoms with Crippen LogP contribution in [0.2, 0.25) is 0 Å². The van der Waals surface area contributed by atoms with Gasteiger partial charge in [0.15, 0.2) is 0 Å². The van der Waals surface area contributed by atoms with Crippen LogP contribution in [-0.4, -0.2) is 11.1 Å². The first-order valence-electron chi connectivity index (χ1n) is 6.99. The van der Waals surface area contributed by atoms with Crippen molar-refractivity contribution in [2.45, 2.75) is 6.92 Å². The highest BCUT2D eigenvalue weighted by molar-refractivity contribution is 6.08. The fraction of sp³-hybridized carbons (Fsp3) is 0.0556. The Morgan fingerprint density at radius 2 is 1.64 bits per heavy atom. The molecule has 3 N–H and O–H groups in total. The average molecular weight is 292 g/mol. The first kappa shape index (κ1) is 13.9. The van der Waals surface area contributed by atoms with Crippen molar-refractivity contribution in [1.82, 2.24) is 0 Å². The standard InChI is InChI=1S/C18H16N2O2/c1-12-6-9-14(10-7-12)19-18(22)20-17-15-5-3-2-4-13(15)8-11-16(17)21/h2-11,21H,1H3,(H2,19,20,22). The molecular weight excluding hydrogens is 276 g/mol. The van der Waals surface area contributed by atoms with E-state index in [-0.39, 0.29) is 5.75 Å². The second-order valence-corrected chi connectivity index (χ2v) is 5.13. The maximum atomic E-state index is 12.1. The first-order valence-corrected chi connectivity index (χ1v) is 6.99. The van der Waals surface area contributed by atoms with Crippen molar-refractivity contribution in [3.63, 3.8) is 0 Å². The molecule has 0 spiro atoms. The van der Waals surface area contributed by atoms with Crippen molar-refractivity contribution in [2.24, 2.45) is 0 Å². The van der Waals surface area contributed by atoms with E-state index in [0.29, 0.717) is 11.4 Å². The number of amides is 2. The lowest BCUT2D eigenvalue weighted by atomic mass is 10.1. The second-order valence-electron chi connectivity index (χ2n) is 5.13. The van der Waals surface area contributed by atoms with Gasteiger partial charge in [-0.3, -0.25) is 0 Å². The number of urea groups is 1. The Labute approximate surface area is 128 Å². The molecule has 3 rings (SSSR count). The van der Waals surface area contributed by atoms with Gasteiger partial charge in [0, 0.05) is 11.1 Å². The van der Waals surface area contributed by atoms with Crippen molar-refractivity contribution in [3.05, 3.63) is 66.2 Å². The minimum absolute atomic E-state index is 0.0396. The molecule has 22 heavy (non-hydrogen) atoms. The van der Waals surface area contributed by atoms with Crippen LogP contribution in [0, 0.1) is 6.92 Å². The number of benzene rings is 3. The van der Waals surface area contributed by atoms with Crippen LogP contribution >= 0.6 is 0 Å². The maximum absolute atomic E-state index is 12.1. The second kappa shape index (κ2) is 5.77. The van der Waals surface area contributed by atoms with Gasteiger partial charge in [-0.1, -0.05) is 48.0 Å². The van der Waals surface area contributed by atoms with Crippen LogP contribution in [0.5, 0.6) is 5.75 Å². The molecule has 0 aliphatic heterocycles. The molecule has 110 valence electrons.